The van der Waals surface area contributed by atoms with Crippen LogP contribution in [0.4, 0.5) is 0 Å². The Hall–Kier alpha value is -0.480. The third-order valence-electron chi connectivity index (χ3n) is 2.79. The molecule has 4 heteroatoms. The number of thioether (sulfide) groups is 1. The minimum Gasteiger partial charge on any atom is -0.331 e. The monoisotopic (exact) mass is 225 g/mol. The van der Waals surface area contributed by atoms with Gasteiger partial charge in [0.05, 0.1) is 6.33 Å². The zero-order valence-corrected chi connectivity index (χ0v) is 10.0. The second-order valence-corrected chi connectivity index (χ2v) is 5.24. The number of aromatic nitrogens is 2. The highest BCUT2D eigenvalue weighted by Gasteiger charge is 2.24. The highest BCUT2D eigenvalue weighted by atomic mass is 32.2. The van der Waals surface area contributed by atoms with Crippen molar-refractivity contribution in [3.05, 3.63) is 18.2 Å². The lowest BCUT2D eigenvalue weighted by molar-refractivity contribution is 0.710. The largest absolute Gasteiger partial charge is 0.331 e. The Morgan fingerprint density at radius 3 is 3.13 bits per heavy atom. The Morgan fingerprint density at radius 1 is 1.67 bits per heavy atom. The number of nitrogens with two attached hydrogens (primary N) is 1. The van der Waals surface area contributed by atoms with Crippen molar-refractivity contribution in [1.82, 2.24) is 9.55 Å². The van der Waals surface area contributed by atoms with E-state index in [1.54, 1.807) is 0 Å². The molecule has 0 saturated heterocycles. The first-order valence-electron chi connectivity index (χ1n) is 5.65. The summed E-state index contributed by atoms with van der Waals surface area (Å²) in [5.74, 6) is 2.09. The van der Waals surface area contributed by atoms with Crippen LogP contribution >= 0.6 is 11.8 Å². The van der Waals surface area contributed by atoms with Crippen LogP contribution in [0.2, 0.25) is 0 Å². The van der Waals surface area contributed by atoms with E-state index in [4.69, 9.17) is 5.73 Å². The molecule has 1 aliphatic rings. The molecule has 84 valence electrons. The molecule has 0 spiro atoms. The van der Waals surface area contributed by atoms with Crippen LogP contribution in [0.15, 0.2) is 12.5 Å². The van der Waals surface area contributed by atoms with Gasteiger partial charge < -0.3 is 10.3 Å². The number of imidazole rings is 1. The van der Waals surface area contributed by atoms with Crippen LogP contribution in [-0.2, 0) is 5.75 Å². The molecule has 2 rings (SSSR count). The maximum atomic E-state index is 5.88. The highest BCUT2D eigenvalue weighted by Crippen LogP contribution is 2.36. The Bertz CT molecular complexity index is 307. The molecule has 0 aliphatic heterocycles. The third-order valence-corrected chi connectivity index (χ3v) is 3.96. The highest BCUT2D eigenvalue weighted by molar-refractivity contribution is 7.98. The van der Waals surface area contributed by atoms with Crippen molar-refractivity contribution in [3.63, 3.8) is 0 Å². The van der Waals surface area contributed by atoms with Gasteiger partial charge in [-0.15, -0.1) is 0 Å². The van der Waals surface area contributed by atoms with E-state index in [0.717, 1.165) is 24.0 Å². The van der Waals surface area contributed by atoms with E-state index in [-0.39, 0.29) is 0 Å². The predicted molar refractivity (Wildman–Crippen MR) is 64.9 cm³/mol. The van der Waals surface area contributed by atoms with E-state index in [1.165, 1.54) is 18.5 Å². The molecule has 0 aromatic carbocycles. The molecule has 1 atom stereocenters. The molecule has 1 unspecified atom stereocenters. The molecule has 3 nitrogen and oxygen atoms in total. The lowest BCUT2D eigenvalue weighted by Crippen LogP contribution is -2.21. The molecule has 1 aromatic heterocycles. The molecule has 1 heterocycles. The molecular formula is C11H19N3S. The molecule has 1 fully saturated rings. The minimum atomic E-state index is 0.340. The van der Waals surface area contributed by atoms with Gasteiger partial charge in [0.15, 0.2) is 0 Å². The first kappa shape index (κ1) is 11.0. The first-order valence-corrected chi connectivity index (χ1v) is 6.80. The van der Waals surface area contributed by atoms with Crippen LogP contribution in [0.25, 0.3) is 0 Å². The van der Waals surface area contributed by atoms with Crippen molar-refractivity contribution in [2.45, 2.75) is 44.0 Å². The maximum absolute atomic E-state index is 5.88. The van der Waals surface area contributed by atoms with Crippen molar-refractivity contribution >= 4 is 11.8 Å². The van der Waals surface area contributed by atoms with E-state index >= 15 is 0 Å². The summed E-state index contributed by atoms with van der Waals surface area (Å²) in [5.41, 5.74) is 7.23. The average molecular weight is 225 g/mol. The van der Waals surface area contributed by atoms with E-state index in [1.807, 2.05) is 24.3 Å². The standard InChI is InChI=1S/C11H19N3S/c1-2-9(12)6-15-7-11-5-13-8-14(11)10-3-4-10/h5,8-10H,2-4,6-7,12H2,1H3. The van der Waals surface area contributed by atoms with Gasteiger partial charge in [-0.1, -0.05) is 6.92 Å². The zero-order valence-electron chi connectivity index (χ0n) is 9.22. The summed E-state index contributed by atoms with van der Waals surface area (Å²) in [5, 5.41) is 0. The summed E-state index contributed by atoms with van der Waals surface area (Å²) in [6.45, 7) is 2.14. The second kappa shape index (κ2) is 5.03. The fraction of sp³-hybridized carbons (Fsp3) is 0.727. The van der Waals surface area contributed by atoms with Crippen molar-refractivity contribution in [2.75, 3.05) is 5.75 Å². The van der Waals surface area contributed by atoms with Gasteiger partial charge in [-0.3, -0.25) is 0 Å². The van der Waals surface area contributed by atoms with E-state index in [2.05, 4.69) is 16.5 Å². The molecule has 0 radical (unpaired) electrons. The van der Waals surface area contributed by atoms with Gasteiger partial charge in [0.25, 0.3) is 0 Å². The van der Waals surface area contributed by atoms with Crippen molar-refractivity contribution in [2.24, 2.45) is 5.73 Å². The summed E-state index contributed by atoms with van der Waals surface area (Å²) in [6, 6.07) is 1.08. The van der Waals surface area contributed by atoms with E-state index in [0.29, 0.717) is 6.04 Å². The second-order valence-electron chi connectivity index (χ2n) is 4.21. The van der Waals surface area contributed by atoms with Gasteiger partial charge in [0.1, 0.15) is 0 Å². The van der Waals surface area contributed by atoms with Gasteiger partial charge >= 0.3 is 0 Å². The van der Waals surface area contributed by atoms with Gasteiger partial charge in [0, 0.05) is 35.5 Å². The number of nitrogens with zero attached hydrogens (tertiary/aromatic N) is 2. The predicted octanol–water partition coefficient (Wildman–Crippen LogP) is 2.19. The summed E-state index contributed by atoms with van der Waals surface area (Å²) in [6.07, 6.45) is 7.66. The normalized spacial score (nSPS) is 18.0. The Labute approximate surface area is 95.4 Å². The smallest absolute Gasteiger partial charge is 0.0951 e. The Kier molecular flexibility index (Phi) is 3.70. The van der Waals surface area contributed by atoms with Crippen LogP contribution in [0.3, 0.4) is 0 Å². The van der Waals surface area contributed by atoms with Crippen molar-refractivity contribution in [3.8, 4) is 0 Å². The summed E-state index contributed by atoms with van der Waals surface area (Å²) >= 11 is 1.92. The first-order chi connectivity index (χ1) is 7.31. The minimum absolute atomic E-state index is 0.340. The quantitative estimate of drug-likeness (QED) is 0.807. The van der Waals surface area contributed by atoms with Gasteiger partial charge in [-0.05, 0) is 19.3 Å². The van der Waals surface area contributed by atoms with Crippen LogP contribution in [0.5, 0.6) is 0 Å². The lowest BCUT2D eigenvalue weighted by atomic mass is 10.3. The number of rotatable bonds is 6. The molecule has 15 heavy (non-hydrogen) atoms. The van der Waals surface area contributed by atoms with Gasteiger partial charge in [-0.2, -0.15) is 11.8 Å². The molecule has 0 amide bonds. The fourth-order valence-electron chi connectivity index (χ4n) is 1.56. The zero-order chi connectivity index (χ0) is 10.7. The van der Waals surface area contributed by atoms with Gasteiger partial charge in [-0.25, -0.2) is 4.98 Å². The summed E-state index contributed by atoms with van der Waals surface area (Å²) in [7, 11) is 0. The molecule has 0 bridgehead atoms. The summed E-state index contributed by atoms with van der Waals surface area (Å²) in [4.78, 5) is 4.22. The molecule has 1 aromatic rings. The van der Waals surface area contributed by atoms with Crippen LogP contribution in [0, 0.1) is 0 Å². The Morgan fingerprint density at radius 2 is 2.47 bits per heavy atom. The van der Waals surface area contributed by atoms with Crippen LogP contribution in [0.1, 0.15) is 37.9 Å². The van der Waals surface area contributed by atoms with Crippen molar-refractivity contribution in [1.29, 1.82) is 0 Å². The van der Waals surface area contributed by atoms with Gasteiger partial charge in [0.2, 0.25) is 0 Å². The van der Waals surface area contributed by atoms with E-state index in [9.17, 15) is 0 Å². The molecular weight excluding hydrogens is 206 g/mol. The topological polar surface area (TPSA) is 43.8 Å². The summed E-state index contributed by atoms with van der Waals surface area (Å²) < 4.78 is 2.32. The molecule has 1 saturated carbocycles. The van der Waals surface area contributed by atoms with Crippen LogP contribution < -0.4 is 5.73 Å². The average Bonchev–Trinajstić information content (AvgIpc) is 2.99. The fourth-order valence-corrected chi connectivity index (χ4v) is 2.65. The SMILES string of the molecule is CCC(N)CSCc1cncn1C1CC1. The Balaban J connectivity index is 1.80. The lowest BCUT2D eigenvalue weighted by Gasteiger charge is -2.09. The maximum Gasteiger partial charge on any atom is 0.0951 e. The number of hydrogen-bond acceptors (Lipinski definition) is 3. The van der Waals surface area contributed by atoms with E-state index < -0.39 is 0 Å². The van der Waals surface area contributed by atoms with Crippen molar-refractivity contribution < 1.29 is 0 Å². The molecule has 1 aliphatic carbocycles. The van der Waals surface area contributed by atoms with Crippen LogP contribution in [-0.4, -0.2) is 21.3 Å². The molecule has 2 N–H and O–H groups in total. The third kappa shape index (κ3) is 2.98. The number of hydrogen-bond donors (Lipinski definition) is 1.